The molecule has 0 radical (unpaired) electrons. The van der Waals surface area contributed by atoms with E-state index in [0.717, 1.165) is 12.8 Å². The lowest BCUT2D eigenvalue weighted by molar-refractivity contribution is 0.112. The Bertz CT molecular complexity index is 417. The van der Waals surface area contributed by atoms with Crippen molar-refractivity contribution >= 4 is 0 Å². The van der Waals surface area contributed by atoms with Crippen LogP contribution in [0.15, 0.2) is 30.3 Å². The largest absolute Gasteiger partial charge is 0.394 e. The Morgan fingerprint density at radius 3 is 1.50 bits per heavy atom. The summed E-state index contributed by atoms with van der Waals surface area (Å²) in [6, 6.07) is 10.8. The van der Waals surface area contributed by atoms with Gasteiger partial charge in [0.05, 0.1) is 18.8 Å². The van der Waals surface area contributed by atoms with Gasteiger partial charge in [-0.1, -0.05) is 101 Å². The molecule has 0 aliphatic carbocycles. The second-order valence-electron chi connectivity index (χ2n) is 7.91. The van der Waals surface area contributed by atoms with Crippen LogP contribution in [0.3, 0.4) is 0 Å². The first-order valence-corrected chi connectivity index (χ1v) is 10.7. The van der Waals surface area contributed by atoms with E-state index in [9.17, 15) is 0 Å². The molecule has 0 saturated heterocycles. The number of benzene rings is 1. The van der Waals surface area contributed by atoms with Crippen LogP contribution in [0.25, 0.3) is 0 Å². The van der Waals surface area contributed by atoms with E-state index in [2.05, 4.69) is 30.3 Å². The Hall–Kier alpha value is -0.900. The summed E-state index contributed by atoms with van der Waals surface area (Å²) in [6.07, 6.45) is 17.5. The molecule has 0 amide bonds. The molecule has 150 valence electrons. The van der Waals surface area contributed by atoms with E-state index in [1.54, 1.807) is 0 Å². The molecule has 26 heavy (non-hydrogen) atoms. The number of unbranched alkanes of at least 4 members (excludes halogenated alkanes) is 11. The molecular formula is C23H41NO2. The standard InChI is InChI=1S/C23H41NO2/c24-23(20-25,21-26)19-15-10-8-6-4-2-1-3-5-7-9-12-16-22-17-13-11-14-18-22/h11,13-14,17-18,25-26H,1-10,12,15-16,19-21,24H2. The molecule has 0 bridgehead atoms. The Labute approximate surface area is 161 Å². The highest BCUT2D eigenvalue weighted by Gasteiger charge is 2.21. The van der Waals surface area contributed by atoms with Gasteiger partial charge in [0.25, 0.3) is 0 Å². The molecule has 0 aliphatic rings. The van der Waals surface area contributed by atoms with Gasteiger partial charge in [0.1, 0.15) is 0 Å². The zero-order valence-corrected chi connectivity index (χ0v) is 16.7. The molecule has 0 heterocycles. The summed E-state index contributed by atoms with van der Waals surface area (Å²) in [6.45, 7) is -0.258. The molecule has 0 aromatic heterocycles. The van der Waals surface area contributed by atoms with Crippen molar-refractivity contribution in [3.05, 3.63) is 35.9 Å². The molecule has 0 fully saturated rings. The molecule has 0 unspecified atom stereocenters. The van der Waals surface area contributed by atoms with E-state index < -0.39 is 5.54 Å². The monoisotopic (exact) mass is 363 g/mol. The molecular weight excluding hydrogens is 322 g/mol. The van der Waals surface area contributed by atoms with Crippen molar-refractivity contribution in [2.24, 2.45) is 5.73 Å². The van der Waals surface area contributed by atoms with Crippen LogP contribution in [0.5, 0.6) is 0 Å². The van der Waals surface area contributed by atoms with Gasteiger partial charge in [-0.05, 0) is 24.8 Å². The topological polar surface area (TPSA) is 66.5 Å². The zero-order valence-electron chi connectivity index (χ0n) is 16.7. The number of aliphatic hydroxyl groups excluding tert-OH is 2. The average molecular weight is 364 g/mol. The number of hydrogen-bond acceptors (Lipinski definition) is 3. The predicted octanol–water partition coefficient (Wildman–Crippen LogP) is 4.98. The Balaban J connectivity index is 1.78. The SMILES string of the molecule is NC(CO)(CO)CCCCCCCCCCCCCCc1ccccc1. The second-order valence-corrected chi connectivity index (χ2v) is 7.91. The highest BCUT2D eigenvalue weighted by Crippen LogP contribution is 2.15. The lowest BCUT2D eigenvalue weighted by Crippen LogP contribution is -2.47. The van der Waals surface area contributed by atoms with Gasteiger partial charge in [-0.15, -0.1) is 0 Å². The molecule has 0 atom stereocenters. The van der Waals surface area contributed by atoms with Gasteiger partial charge in [-0.25, -0.2) is 0 Å². The summed E-state index contributed by atoms with van der Waals surface area (Å²) in [7, 11) is 0. The number of aliphatic hydroxyl groups is 2. The van der Waals surface area contributed by atoms with Crippen LogP contribution in [0.4, 0.5) is 0 Å². The molecule has 1 rings (SSSR count). The minimum Gasteiger partial charge on any atom is -0.394 e. The molecule has 3 nitrogen and oxygen atoms in total. The molecule has 0 spiro atoms. The van der Waals surface area contributed by atoms with Gasteiger partial charge in [0.2, 0.25) is 0 Å². The van der Waals surface area contributed by atoms with Crippen LogP contribution in [0.2, 0.25) is 0 Å². The first-order valence-electron chi connectivity index (χ1n) is 10.7. The van der Waals surface area contributed by atoms with Crippen LogP contribution in [0.1, 0.15) is 89.0 Å². The third-order valence-corrected chi connectivity index (χ3v) is 5.36. The molecule has 0 saturated carbocycles. The first-order chi connectivity index (χ1) is 12.7. The van der Waals surface area contributed by atoms with Crippen molar-refractivity contribution in [1.29, 1.82) is 0 Å². The van der Waals surface area contributed by atoms with Crippen molar-refractivity contribution in [2.75, 3.05) is 13.2 Å². The molecule has 4 N–H and O–H groups in total. The summed E-state index contributed by atoms with van der Waals surface area (Å²) in [5.41, 5.74) is 6.56. The average Bonchev–Trinajstić information content (AvgIpc) is 2.68. The van der Waals surface area contributed by atoms with E-state index in [1.807, 2.05) is 0 Å². The maximum absolute atomic E-state index is 9.14. The second kappa shape index (κ2) is 15.2. The van der Waals surface area contributed by atoms with Gasteiger partial charge in [0.15, 0.2) is 0 Å². The molecule has 3 heteroatoms. The van der Waals surface area contributed by atoms with Crippen molar-refractivity contribution in [3.63, 3.8) is 0 Å². The number of aryl methyl sites for hydroxylation is 1. The first kappa shape index (κ1) is 23.1. The van der Waals surface area contributed by atoms with E-state index in [0.29, 0.717) is 6.42 Å². The number of nitrogens with two attached hydrogens (primary N) is 1. The van der Waals surface area contributed by atoms with Crippen molar-refractivity contribution in [2.45, 2.75) is 95.4 Å². The molecule has 1 aromatic carbocycles. The highest BCUT2D eigenvalue weighted by molar-refractivity contribution is 5.14. The Morgan fingerprint density at radius 2 is 1.04 bits per heavy atom. The molecule has 1 aromatic rings. The van der Waals surface area contributed by atoms with Gasteiger partial charge in [-0.2, -0.15) is 0 Å². The van der Waals surface area contributed by atoms with Crippen LogP contribution < -0.4 is 5.73 Å². The fourth-order valence-electron chi connectivity index (χ4n) is 3.43. The van der Waals surface area contributed by atoms with E-state index >= 15 is 0 Å². The maximum Gasteiger partial charge on any atom is 0.0633 e. The van der Waals surface area contributed by atoms with Crippen LogP contribution in [0, 0.1) is 0 Å². The van der Waals surface area contributed by atoms with E-state index in [4.69, 9.17) is 15.9 Å². The minimum atomic E-state index is -0.777. The Kier molecular flexibility index (Phi) is 13.5. The third-order valence-electron chi connectivity index (χ3n) is 5.36. The number of hydrogen-bond donors (Lipinski definition) is 3. The van der Waals surface area contributed by atoms with Crippen molar-refractivity contribution < 1.29 is 10.2 Å². The van der Waals surface area contributed by atoms with Crippen molar-refractivity contribution in [1.82, 2.24) is 0 Å². The van der Waals surface area contributed by atoms with Gasteiger partial charge >= 0.3 is 0 Å². The normalized spacial score (nSPS) is 11.8. The summed E-state index contributed by atoms with van der Waals surface area (Å²) in [5, 5.41) is 18.3. The minimum absolute atomic E-state index is 0.129. The lowest BCUT2D eigenvalue weighted by atomic mass is 9.94. The summed E-state index contributed by atoms with van der Waals surface area (Å²) >= 11 is 0. The van der Waals surface area contributed by atoms with Crippen LogP contribution >= 0.6 is 0 Å². The number of rotatable bonds is 17. The summed E-state index contributed by atoms with van der Waals surface area (Å²) < 4.78 is 0. The predicted molar refractivity (Wildman–Crippen MR) is 111 cm³/mol. The van der Waals surface area contributed by atoms with E-state index in [1.165, 1.54) is 76.2 Å². The Morgan fingerprint density at radius 1 is 0.615 bits per heavy atom. The quantitative estimate of drug-likeness (QED) is 0.342. The van der Waals surface area contributed by atoms with Crippen LogP contribution in [-0.2, 0) is 6.42 Å². The van der Waals surface area contributed by atoms with Gasteiger partial charge in [-0.3, -0.25) is 0 Å². The zero-order chi connectivity index (χ0) is 18.9. The summed E-state index contributed by atoms with van der Waals surface area (Å²) in [5.74, 6) is 0. The fourth-order valence-corrected chi connectivity index (χ4v) is 3.43. The van der Waals surface area contributed by atoms with Gasteiger partial charge in [0, 0.05) is 0 Å². The van der Waals surface area contributed by atoms with Crippen LogP contribution in [-0.4, -0.2) is 29.0 Å². The third kappa shape index (κ3) is 11.7. The van der Waals surface area contributed by atoms with Crippen molar-refractivity contribution in [3.8, 4) is 0 Å². The maximum atomic E-state index is 9.14. The molecule has 0 aliphatic heterocycles. The van der Waals surface area contributed by atoms with E-state index in [-0.39, 0.29) is 13.2 Å². The highest BCUT2D eigenvalue weighted by atomic mass is 16.3. The smallest absolute Gasteiger partial charge is 0.0633 e. The fraction of sp³-hybridized carbons (Fsp3) is 0.739. The summed E-state index contributed by atoms with van der Waals surface area (Å²) in [4.78, 5) is 0. The lowest BCUT2D eigenvalue weighted by Gasteiger charge is -2.24. The van der Waals surface area contributed by atoms with Gasteiger partial charge < -0.3 is 15.9 Å².